The molecule has 0 saturated heterocycles. The zero-order valence-corrected chi connectivity index (χ0v) is 12.0. The van der Waals surface area contributed by atoms with Crippen molar-refractivity contribution in [1.29, 1.82) is 0 Å². The van der Waals surface area contributed by atoms with Gasteiger partial charge in [0.25, 0.3) is 0 Å². The molecule has 18 heavy (non-hydrogen) atoms. The van der Waals surface area contributed by atoms with Crippen molar-refractivity contribution in [2.75, 3.05) is 6.61 Å². The summed E-state index contributed by atoms with van der Waals surface area (Å²) < 4.78 is 5.82. The molecule has 2 heteroatoms. The fourth-order valence-corrected chi connectivity index (χ4v) is 1.73. The molecule has 0 spiro atoms. The Morgan fingerprint density at radius 1 is 1.39 bits per heavy atom. The second-order valence-electron chi connectivity index (χ2n) is 5.08. The van der Waals surface area contributed by atoms with E-state index in [-0.39, 0.29) is 6.04 Å². The maximum atomic E-state index is 6.03. The van der Waals surface area contributed by atoms with E-state index in [2.05, 4.69) is 45.9 Å². The first-order valence-corrected chi connectivity index (χ1v) is 6.64. The average molecular weight is 247 g/mol. The van der Waals surface area contributed by atoms with Gasteiger partial charge in [-0.2, -0.15) is 0 Å². The van der Waals surface area contributed by atoms with Gasteiger partial charge in [-0.1, -0.05) is 30.2 Å². The molecule has 0 bridgehead atoms. The van der Waals surface area contributed by atoms with Crippen molar-refractivity contribution >= 4 is 0 Å². The van der Waals surface area contributed by atoms with Gasteiger partial charge < -0.3 is 10.5 Å². The van der Waals surface area contributed by atoms with Gasteiger partial charge in [0, 0.05) is 6.04 Å². The highest BCUT2D eigenvalue weighted by Crippen LogP contribution is 2.22. The lowest BCUT2D eigenvalue weighted by Crippen LogP contribution is -2.21. The van der Waals surface area contributed by atoms with Crippen LogP contribution in [0, 0.1) is 6.92 Å². The Hall–Kier alpha value is -1.28. The molecule has 0 aliphatic heterocycles. The Labute approximate surface area is 111 Å². The van der Waals surface area contributed by atoms with Gasteiger partial charge >= 0.3 is 0 Å². The van der Waals surface area contributed by atoms with Gasteiger partial charge in [-0.3, -0.25) is 0 Å². The number of hydrogen-bond donors (Lipinski definition) is 1. The van der Waals surface area contributed by atoms with Crippen LogP contribution in [0.1, 0.15) is 38.3 Å². The van der Waals surface area contributed by atoms with E-state index in [1.54, 1.807) is 0 Å². The van der Waals surface area contributed by atoms with E-state index in [1.165, 1.54) is 16.7 Å². The molecule has 0 saturated carbocycles. The third kappa shape index (κ3) is 4.92. The van der Waals surface area contributed by atoms with Crippen LogP contribution in [0.2, 0.25) is 0 Å². The third-order valence-electron chi connectivity index (χ3n) is 2.95. The highest BCUT2D eigenvalue weighted by molar-refractivity contribution is 5.37. The summed E-state index contributed by atoms with van der Waals surface area (Å²) in [6.45, 7) is 8.99. The van der Waals surface area contributed by atoms with E-state index in [0.29, 0.717) is 6.61 Å². The molecule has 100 valence electrons. The zero-order chi connectivity index (χ0) is 13.5. The summed E-state index contributed by atoms with van der Waals surface area (Å²) in [5, 5.41) is 0. The molecule has 0 radical (unpaired) electrons. The lowest BCUT2D eigenvalue weighted by atomic mass is 10.0. The topological polar surface area (TPSA) is 35.2 Å². The van der Waals surface area contributed by atoms with Gasteiger partial charge in [0.05, 0.1) is 0 Å². The Kier molecular flexibility index (Phi) is 5.93. The van der Waals surface area contributed by atoms with Gasteiger partial charge in [0.1, 0.15) is 12.4 Å². The van der Waals surface area contributed by atoms with Crippen LogP contribution in [-0.2, 0) is 6.42 Å². The number of hydrogen-bond acceptors (Lipinski definition) is 2. The van der Waals surface area contributed by atoms with Gasteiger partial charge in [-0.25, -0.2) is 0 Å². The molecule has 0 aliphatic carbocycles. The first kappa shape index (κ1) is 14.8. The van der Waals surface area contributed by atoms with Crippen LogP contribution in [0.3, 0.4) is 0 Å². The molecule has 1 atom stereocenters. The quantitative estimate of drug-likeness (QED) is 0.779. The lowest BCUT2D eigenvalue weighted by molar-refractivity contribution is 0.356. The molecule has 1 rings (SSSR count). The summed E-state index contributed by atoms with van der Waals surface area (Å²) in [4.78, 5) is 0. The molecule has 0 aromatic heterocycles. The van der Waals surface area contributed by atoms with Crippen molar-refractivity contribution in [1.82, 2.24) is 0 Å². The van der Waals surface area contributed by atoms with Gasteiger partial charge in [0.2, 0.25) is 0 Å². The highest BCUT2D eigenvalue weighted by atomic mass is 16.5. The highest BCUT2D eigenvalue weighted by Gasteiger charge is 2.08. The van der Waals surface area contributed by atoms with Crippen molar-refractivity contribution in [3.63, 3.8) is 0 Å². The largest absolute Gasteiger partial charge is 0.489 e. The second-order valence-corrected chi connectivity index (χ2v) is 5.08. The lowest BCUT2D eigenvalue weighted by Gasteiger charge is -2.14. The van der Waals surface area contributed by atoms with Crippen LogP contribution in [-0.4, -0.2) is 12.6 Å². The van der Waals surface area contributed by atoms with Gasteiger partial charge in [-0.15, -0.1) is 0 Å². The number of benzene rings is 1. The third-order valence-corrected chi connectivity index (χ3v) is 2.95. The molecular formula is C16H25NO. The molecule has 0 aliphatic rings. The van der Waals surface area contributed by atoms with E-state index >= 15 is 0 Å². The summed E-state index contributed by atoms with van der Waals surface area (Å²) >= 11 is 0. The molecule has 1 aromatic carbocycles. The van der Waals surface area contributed by atoms with Crippen molar-refractivity contribution in [2.45, 2.75) is 46.6 Å². The first-order chi connectivity index (χ1) is 8.52. The first-order valence-electron chi connectivity index (χ1n) is 6.64. The smallest absolute Gasteiger partial charge is 0.123 e. The maximum Gasteiger partial charge on any atom is 0.123 e. The number of rotatable bonds is 6. The van der Waals surface area contributed by atoms with Crippen LogP contribution in [0.15, 0.2) is 29.8 Å². The maximum absolute atomic E-state index is 6.03. The number of nitrogens with two attached hydrogens (primary N) is 1. The second kappa shape index (κ2) is 7.22. The standard InChI is InChI=1S/C16H25NO/c1-5-15(17)11-14-10-13(4)6-7-16(14)18-9-8-12(2)3/h6-8,10,15H,5,9,11,17H2,1-4H3. The van der Waals surface area contributed by atoms with Crippen molar-refractivity contribution in [2.24, 2.45) is 5.73 Å². The molecular weight excluding hydrogens is 222 g/mol. The average Bonchev–Trinajstić information content (AvgIpc) is 2.31. The number of allylic oxidation sites excluding steroid dienone is 1. The Bertz CT molecular complexity index is 406. The zero-order valence-electron chi connectivity index (χ0n) is 12.0. The van der Waals surface area contributed by atoms with Gasteiger partial charge in [0.15, 0.2) is 0 Å². The van der Waals surface area contributed by atoms with Crippen molar-refractivity contribution in [3.05, 3.63) is 41.0 Å². The van der Waals surface area contributed by atoms with E-state index in [0.717, 1.165) is 18.6 Å². The normalized spacial score (nSPS) is 12.1. The minimum atomic E-state index is 0.206. The summed E-state index contributed by atoms with van der Waals surface area (Å²) in [6.07, 6.45) is 3.95. The van der Waals surface area contributed by atoms with Crippen LogP contribution < -0.4 is 10.5 Å². The van der Waals surface area contributed by atoms with Crippen LogP contribution in [0.5, 0.6) is 5.75 Å². The summed E-state index contributed by atoms with van der Waals surface area (Å²) in [5.74, 6) is 0.960. The molecule has 2 N–H and O–H groups in total. The Balaban J connectivity index is 2.79. The van der Waals surface area contributed by atoms with E-state index in [9.17, 15) is 0 Å². The van der Waals surface area contributed by atoms with Crippen molar-refractivity contribution < 1.29 is 4.74 Å². The predicted molar refractivity (Wildman–Crippen MR) is 78.1 cm³/mol. The van der Waals surface area contributed by atoms with Crippen LogP contribution in [0.25, 0.3) is 0 Å². The SMILES string of the molecule is CCC(N)Cc1cc(C)ccc1OCC=C(C)C. The summed E-state index contributed by atoms with van der Waals surface area (Å²) in [5.41, 5.74) is 9.77. The summed E-state index contributed by atoms with van der Waals surface area (Å²) in [6, 6.07) is 6.51. The number of aryl methyl sites for hydroxylation is 1. The fourth-order valence-electron chi connectivity index (χ4n) is 1.73. The molecule has 0 fully saturated rings. The molecule has 2 nitrogen and oxygen atoms in total. The minimum Gasteiger partial charge on any atom is -0.489 e. The Morgan fingerprint density at radius 3 is 2.72 bits per heavy atom. The number of ether oxygens (including phenoxy) is 1. The Morgan fingerprint density at radius 2 is 2.11 bits per heavy atom. The minimum absolute atomic E-state index is 0.206. The molecule has 1 aromatic rings. The predicted octanol–water partition coefficient (Wildman–Crippen LogP) is 3.62. The van der Waals surface area contributed by atoms with Crippen LogP contribution >= 0.6 is 0 Å². The van der Waals surface area contributed by atoms with Crippen LogP contribution in [0.4, 0.5) is 0 Å². The summed E-state index contributed by atoms with van der Waals surface area (Å²) in [7, 11) is 0. The molecule has 1 unspecified atom stereocenters. The van der Waals surface area contributed by atoms with E-state index in [4.69, 9.17) is 10.5 Å². The monoisotopic (exact) mass is 247 g/mol. The molecule has 0 amide bonds. The van der Waals surface area contributed by atoms with Gasteiger partial charge in [-0.05, 0) is 51.3 Å². The van der Waals surface area contributed by atoms with E-state index < -0.39 is 0 Å². The van der Waals surface area contributed by atoms with E-state index in [1.807, 2.05) is 6.07 Å². The molecule has 0 heterocycles. The van der Waals surface area contributed by atoms with Crippen molar-refractivity contribution in [3.8, 4) is 5.75 Å². The fraction of sp³-hybridized carbons (Fsp3) is 0.500.